The van der Waals surface area contributed by atoms with Crippen LogP contribution in [0.15, 0.2) is 24.3 Å². The molecule has 1 aromatic carbocycles. The Morgan fingerprint density at radius 3 is 2.53 bits per heavy atom. The fraction of sp³-hybridized carbons (Fsp3) is 0.364. The largest absolute Gasteiger partial charge is 0.394 e. The van der Waals surface area contributed by atoms with E-state index in [1.54, 1.807) is 6.07 Å². The summed E-state index contributed by atoms with van der Waals surface area (Å²) in [6.07, 6.45) is -4.12. The maximum atomic E-state index is 9.82. The number of para-hydroxylation sites is 1. The molecular formula is C11H13NO4S. The van der Waals surface area contributed by atoms with Crippen molar-refractivity contribution in [2.24, 2.45) is 0 Å². The van der Waals surface area contributed by atoms with Gasteiger partial charge in [-0.3, -0.25) is 0 Å². The van der Waals surface area contributed by atoms with Crippen molar-refractivity contribution < 1.29 is 20.4 Å². The van der Waals surface area contributed by atoms with Crippen LogP contribution in [0.4, 0.5) is 0 Å². The molecule has 5 nitrogen and oxygen atoms in total. The van der Waals surface area contributed by atoms with Gasteiger partial charge in [-0.05, 0) is 12.1 Å². The van der Waals surface area contributed by atoms with Gasteiger partial charge in [0.25, 0.3) is 0 Å². The molecule has 0 bridgehead atoms. The molecule has 2 rings (SSSR count). The van der Waals surface area contributed by atoms with Crippen LogP contribution in [0, 0.1) is 0 Å². The zero-order chi connectivity index (χ0) is 12.4. The lowest BCUT2D eigenvalue weighted by molar-refractivity contribution is -0.0776. The van der Waals surface area contributed by atoms with Crippen LogP contribution in [0.1, 0.15) is 11.1 Å². The van der Waals surface area contributed by atoms with E-state index in [1.807, 2.05) is 18.2 Å². The zero-order valence-corrected chi connectivity index (χ0v) is 9.71. The number of rotatable bonds is 4. The third-order valence-corrected chi connectivity index (χ3v) is 3.58. The predicted molar refractivity (Wildman–Crippen MR) is 63.7 cm³/mol. The van der Waals surface area contributed by atoms with Gasteiger partial charge in [0.2, 0.25) is 0 Å². The first kappa shape index (κ1) is 12.4. The molecule has 1 heterocycles. The molecular weight excluding hydrogens is 242 g/mol. The van der Waals surface area contributed by atoms with E-state index in [0.29, 0.717) is 5.01 Å². The summed E-state index contributed by atoms with van der Waals surface area (Å²) in [5.74, 6) is 0. The number of aliphatic hydroxyl groups is 4. The summed E-state index contributed by atoms with van der Waals surface area (Å²) in [7, 11) is 0. The normalized spacial score (nSPS) is 16.9. The SMILES string of the molecule is OC[C@@H](O)[C@H](O)[C@@H](O)c1nc2ccccc2s1. The van der Waals surface area contributed by atoms with Crippen LogP contribution in [-0.4, -0.2) is 44.2 Å². The van der Waals surface area contributed by atoms with E-state index in [0.717, 1.165) is 10.2 Å². The highest BCUT2D eigenvalue weighted by molar-refractivity contribution is 7.18. The first-order valence-corrected chi connectivity index (χ1v) is 5.95. The van der Waals surface area contributed by atoms with E-state index in [-0.39, 0.29) is 0 Å². The minimum absolute atomic E-state index is 0.325. The minimum Gasteiger partial charge on any atom is -0.394 e. The first-order chi connectivity index (χ1) is 8.13. The Labute approximate surface area is 102 Å². The Balaban J connectivity index is 2.27. The molecule has 1 aromatic heterocycles. The van der Waals surface area contributed by atoms with Gasteiger partial charge < -0.3 is 20.4 Å². The van der Waals surface area contributed by atoms with E-state index in [1.165, 1.54) is 11.3 Å². The third-order valence-electron chi connectivity index (χ3n) is 2.47. The highest BCUT2D eigenvalue weighted by Crippen LogP contribution is 2.28. The van der Waals surface area contributed by atoms with Gasteiger partial charge in [0.15, 0.2) is 0 Å². The van der Waals surface area contributed by atoms with Crippen molar-refractivity contribution in [3.05, 3.63) is 29.3 Å². The summed E-state index contributed by atoms with van der Waals surface area (Å²) in [5, 5.41) is 37.7. The summed E-state index contributed by atoms with van der Waals surface area (Å²) < 4.78 is 0.896. The van der Waals surface area contributed by atoms with Crippen molar-refractivity contribution in [2.45, 2.75) is 18.3 Å². The number of thiazole rings is 1. The second kappa shape index (κ2) is 5.07. The molecule has 17 heavy (non-hydrogen) atoms. The Kier molecular flexibility index (Phi) is 3.70. The number of nitrogens with zero attached hydrogens (tertiary/aromatic N) is 1. The summed E-state index contributed by atoms with van der Waals surface area (Å²) in [4.78, 5) is 4.17. The fourth-order valence-electron chi connectivity index (χ4n) is 1.48. The van der Waals surface area contributed by atoms with Gasteiger partial charge >= 0.3 is 0 Å². The molecule has 0 unspecified atom stereocenters. The molecule has 3 atom stereocenters. The number of benzene rings is 1. The van der Waals surface area contributed by atoms with Crippen LogP contribution in [-0.2, 0) is 0 Å². The maximum absolute atomic E-state index is 9.82. The first-order valence-electron chi connectivity index (χ1n) is 5.14. The van der Waals surface area contributed by atoms with E-state index in [4.69, 9.17) is 5.11 Å². The second-order valence-electron chi connectivity index (χ2n) is 3.71. The van der Waals surface area contributed by atoms with Crippen molar-refractivity contribution in [1.29, 1.82) is 0 Å². The smallest absolute Gasteiger partial charge is 0.134 e. The lowest BCUT2D eigenvalue weighted by Gasteiger charge is -2.19. The molecule has 6 heteroatoms. The van der Waals surface area contributed by atoms with Gasteiger partial charge in [0.1, 0.15) is 23.3 Å². The molecule has 92 valence electrons. The van der Waals surface area contributed by atoms with Crippen LogP contribution >= 0.6 is 11.3 Å². The molecule has 0 saturated heterocycles. The molecule has 0 spiro atoms. The second-order valence-corrected chi connectivity index (χ2v) is 4.77. The topological polar surface area (TPSA) is 93.8 Å². The van der Waals surface area contributed by atoms with Gasteiger partial charge in [0, 0.05) is 0 Å². The van der Waals surface area contributed by atoms with Gasteiger partial charge in [-0.15, -0.1) is 11.3 Å². The monoisotopic (exact) mass is 255 g/mol. The Morgan fingerprint density at radius 2 is 1.88 bits per heavy atom. The molecule has 0 radical (unpaired) electrons. The lowest BCUT2D eigenvalue weighted by atomic mass is 10.1. The highest BCUT2D eigenvalue weighted by Gasteiger charge is 2.27. The van der Waals surface area contributed by atoms with Crippen molar-refractivity contribution >= 4 is 21.6 Å². The molecule has 0 aliphatic carbocycles. The Morgan fingerprint density at radius 1 is 1.18 bits per heavy atom. The Hall–Kier alpha value is -1.05. The van der Waals surface area contributed by atoms with Gasteiger partial charge in [-0.1, -0.05) is 12.1 Å². The summed E-state index contributed by atoms with van der Waals surface area (Å²) in [6.45, 7) is -0.608. The van der Waals surface area contributed by atoms with Gasteiger partial charge in [0.05, 0.1) is 16.8 Å². The van der Waals surface area contributed by atoms with Crippen LogP contribution in [0.2, 0.25) is 0 Å². The summed E-state index contributed by atoms with van der Waals surface area (Å²) >= 11 is 1.25. The van der Waals surface area contributed by atoms with Crippen molar-refractivity contribution in [3.63, 3.8) is 0 Å². The van der Waals surface area contributed by atoms with E-state index < -0.39 is 24.9 Å². The average molecular weight is 255 g/mol. The molecule has 0 amide bonds. The number of hydrogen-bond acceptors (Lipinski definition) is 6. The summed E-state index contributed by atoms with van der Waals surface area (Å²) in [5.41, 5.74) is 0.734. The molecule has 0 aliphatic heterocycles. The maximum Gasteiger partial charge on any atom is 0.134 e. The summed E-state index contributed by atoms with van der Waals surface area (Å²) in [6, 6.07) is 7.35. The highest BCUT2D eigenvalue weighted by atomic mass is 32.1. The Bertz CT molecular complexity index is 468. The van der Waals surface area contributed by atoms with Crippen LogP contribution < -0.4 is 0 Å². The molecule has 0 aliphatic rings. The van der Waals surface area contributed by atoms with E-state index in [2.05, 4.69) is 4.98 Å². The van der Waals surface area contributed by atoms with Crippen molar-refractivity contribution in [2.75, 3.05) is 6.61 Å². The van der Waals surface area contributed by atoms with Gasteiger partial charge in [-0.25, -0.2) is 4.98 Å². The zero-order valence-electron chi connectivity index (χ0n) is 8.89. The minimum atomic E-state index is -1.44. The van der Waals surface area contributed by atoms with Crippen LogP contribution in [0.5, 0.6) is 0 Å². The number of fused-ring (bicyclic) bond motifs is 1. The number of aliphatic hydroxyl groups excluding tert-OH is 4. The van der Waals surface area contributed by atoms with Gasteiger partial charge in [-0.2, -0.15) is 0 Å². The van der Waals surface area contributed by atoms with E-state index in [9.17, 15) is 15.3 Å². The lowest BCUT2D eigenvalue weighted by Crippen LogP contribution is -2.34. The average Bonchev–Trinajstić information content (AvgIpc) is 2.79. The third kappa shape index (κ3) is 2.46. The predicted octanol–water partition coefficient (Wildman–Crippen LogP) is 0.0438. The number of aromatic nitrogens is 1. The molecule has 4 N–H and O–H groups in total. The van der Waals surface area contributed by atoms with Crippen molar-refractivity contribution in [1.82, 2.24) is 4.98 Å². The number of hydrogen-bond donors (Lipinski definition) is 4. The molecule has 0 fully saturated rings. The quantitative estimate of drug-likeness (QED) is 0.619. The molecule has 0 saturated carbocycles. The van der Waals surface area contributed by atoms with Crippen LogP contribution in [0.3, 0.4) is 0 Å². The molecule has 2 aromatic rings. The van der Waals surface area contributed by atoms with E-state index >= 15 is 0 Å². The van der Waals surface area contributed by atoms with Crippen LogP contribution in [0.25, 0.3) is 10.2 Å². The fourth-order valence-corrected chi connectivity index (χ4v) is 2.48. The van der Waals surface area contributed by atoms with Crippen molar-refractivity contribution in [3.8, 4) is 0 Å². The standard InChI is InChI=1S/C11H13NO4S/c13-5-7(14)9(15)10(16)11-12-6-3-1-2-4-8(6)17-11/h1-4,7,9-10,13-16H,5H2/t7-,9+,10-/m1/s1.